The van der Waals surface area contributed by atoms with Crippen LogP contribution in [-0.2, 0) is 0 Å². The maximum absolute atomic E-state index is 14.4. The largest absolute Gasteiger partial charge is 0.489 e. The van der Waals surface area contributed by atoms with Crippen molar-refractivity contribution in [3.05, 3.63) is 95.6 Å². The predicted molar refractivity (Wildman–Crippen MR) is 113 cm³/mol. The second-order valence-electron chi connectivity index (χ2n) is 7.31. The Morgan fingerprint density at radius 1 is 0.900 bits per heavy atom. The minimum absolute atomic E-state index is 0.0855. The van der Waals surface area contributed by atoms with Gasteiger partial charge in [0.2, 0.25) is 0 Å². The molecule has 3 aromatic rings. The van der Waals surface area contributed by atoms with Crippen LogP contribution in [0.5, 0.6) is 11.5 Å². The van der Waals surface area contributed by atoms with Gasteiger partial charge in [-0.15, -0.1) is 0 Å². The molecule has 0 fully saturated rings. The fourth-order valence-electron chi connectivity index (χ4n) is 3.12. The number of alkyl halides is 2. The zero-order chi connectivity index (χ0) is 21.6. The highest BCUT2D eigenvalue weighted by Gasteiger charge is 2.38. The van der Waals surface area contributed by atoms with E-state index < -0.39 is 12.0 Å². The van der Waals surface area contributed by atoms with Crippen LogP contribution in [0.15, 0.2) is 78.9 Å². The van der Waals surface area contributed by atoms with Gasteiger partial charge in [-0.1, -0.05) is 67.6 Å². The first-order valence-electron chi connectivity index (χ1n) is 9.75. The molecule has 0 bridgehead atoms. The van der Waals surface area contributed by atoms with E-state index in [1.54, 1.807) is 42.5 Å². The molecule has 0 heterocycles. The third-order valence-electron chi connectivity index (χ3n) is 4.77. The molecule has 0 saturated heterocycles. The molecule has 0 aliphatic carbocycles. The molecule has 0 aromatic heterocycles. The van der Waals surface area contributed by atoms with Crippen LogP contribution in [0.3, 0.4) is 0 Å². The molecule has 156 valence electrons. The van der Waals surface area contributed by atoms with Crippen LogP contribution in [0.4, 0.5) is 8.78 Å². The Balaban J connectivity index is 1.86. The molecule has 0 aliphatic heterocycles. The van der Waals surface area contributed by atoms with Crippen LogP contribution in [-0.4, -0.2) is 18.8 Å². The number of aldehydes is 1. The third-order valence-corrected chi connectivity index (χ3v) is 4.77. The normalized spacial score (nSPS) is 13.3. The molecule has 0 aliphatic rings. The van der Waals surface area contributed by atoms with E-state index >= 15 is 0 Å². The number of hydrogen-bond donors (Lipinski definition) is 0. The van der Waals surface area contributed by atoms with Gasteiger partial charge < -0.3 is 9.47 Å². The van der Waals surface area contributed by atoms with Crippen molar-refractivity contribution in [2.75, 3.05) is 6.61 Å². The van der Waals surface area contributed by atoms with Crippen LogP contribution < -0.4 is 9.47 Å². The molecule has 0 amide bonds. The van der Waals surface area contributed by atoms with Gasteiger partial charge >= 0.3 is 0 Å². The van der Waals surface area contributed by atoms with Gasteiger partial charge in [-0.25, -0.2) is 8.78 Å². The Morgan fingerprint density at radius 2 is 1.50 bits per heavy atom. The van der Waals surface area contributed by atoms with Gasteiger partial charge in [0.05, 0.1) is 6.61 Å². The quantitative estimate of drug-likeness (QED) is 0.380. The number of carbonyl (C=O) groups excluding carboxylic acids is 1. The highest BCUT2D eigenvalue weighted by molar-refractivity contribution is 5.76. The summed E-state index contributed by atoms with van der Waals surface area (Å²) in [6, 6.07) is 22.7. The van der Waals surface area contributed by atoms with Gasteiger partial charge in [-0.2, -0.15) is 0 Å². The lowest BCUT2D eigenvalue weighted by Gasteiger charge is -2.26. The standard InChI is InChI=1S/C25H24F2O3/c1-18(20-9-5-3-6-10-20)17-29-22-14-13-19(16-28)15-23(22)30-24(25(2,26)27)21-11-7-4-8-12-21/h3-16,18,24H,17H2,1-2H3/t18-,24-/m0/s1. The lowest BCUT2D eigenvalue weighted by molar-refractivity contribution is -0.0833. The molecular formula is C25H24F2O3. The molecule has 5 heteroatoms. The molecule has 0 unspecified atom stereocenters. The molecule has 3 rings (SSSR count). The van der Waals surface area contributed by atoms with E-state index in [0.29, 0.717) is 29.8 Å². The highest BCUT2D eigenvalue weighted by Crippen LogP contribution is 2.39. The summed E-state index contributed by atoms with van der Waals surface area (Å²) >= 11 is 0. The van der Waals surface area contributed by atoms with Gasteiger partial charge in [0.1, 0.15) is 6.29 Å². The van der Waals surface area contributed by atoms with Crippen LogP contribution in [0.25, 0.3) is 0 Å². The van der Waals surface area contributed by atoms with Crippen molar-refractivity contribution in [3.8, 4) is 11.5 Å². The van der Waals surface area contributed by atoms with Crippen LogP contribution in [0.1, 0.15) is 47.4 Å². The smallest absolute Gasteiger partial charge is 0.285 e. The highest BCUT2D eigenvalue weighted by atomic mass is 19.3. The second kappa shape index (κ2) is 9.53. The average molecular weight is 410 g/mol. The van der Waals surface area contributed by atoms with Gasteiger partial charge in [0, 0.05) is 18.4 Å². The van der Waals surface area contributed by atoms with Gasteiger partial charge in [-0.05, 0) is 29.3 Å². The minimum atomic E-state index is -3.15. The van der Waals surface area contributed by atoms with E-state index in [1.165, 1.54) is 6.07 Å². The molecule has 30 heavy (non-hydrogen) atoms. The lowest BCUT2D eigenvalue weighted by Crippen LogP contribution is -2.27. The average Bonchev–Trinajstić information content (AvgIpc) is 2.76. The van der Waals surface area contributed by atoms with Crippen LogP contribution in [0, 0.1) is 0 Å². The zero-order valence-corrected chi connectivity index (χ0v) is 16.9. The molecular weight excluding hydrogens is 386 g/mol. The number of ether oxygens (including phenoxy) is 2. The summed E-state index contributed by atoms with van der Waals surface area (Å²) in [5.41, 5.74) is 1.76. The molecule has 3 aromatic carbocycles. The Kier molecular flexibility index (Phi) is 6.83. The first-order valence-corrected chi connectivity index (χ1v) is 9.75. The minimum Gasteiger partial charge on any atom is -0.489 e. The van der Waals surface area contributed by atoms with Gasteiger partial charge in [0.25, 0.3) is 5.92 Å². The molecule has 2 atom stereocenters. The van der Waals surface area contributed by atoms with E-state index in [0.717, 1.165) is 12.5 Å². The number of rotatable bonds is 9. The summed E-state index contributed by atoms with van der Waals surface area (Å²) in [7, 11) is 0. The van der Waals surface area contributed by atoms with Gasteiger partial charge in [-0.3, -0.25) is 4.79 Å². The van der Waals surface area contributed by atoms with Crippen molar-refractivity contribution in [1.82, 2.24) is 0 Å². The molecule has 3 nitrogen and oxygen atoms in total. The number of hydrogen-bond acceptors (Lipinski definition) is 3. The summed E-state index contributed by atoms with van der Waals surface area (Å²) in [6.45, 7) is 3.16. The number of carbonyl (C=O) groups is 1. The first-order chi connectivity index (χ1) is 14.4. The number of benzene rings is 3. The topological polar surface area (TPSA) is 35.5 Å². The van der Waals surface area contributed by atoms with Crippen molar-refractivity contribution < 1.29 is 23.0 Å². The first kappa shape index (κ1) is 21.5. The van der Waals surface area contributed by atoms with E-state index in [1.807, 2.05) is 37.3 Å². The molecule has 0 spiro atoms. The third kappa shape index (κ3) is 5.44. The maximum atomic E-state index is 14.4. The molecule has 0 saturated carbocycles. The Morgan fingerprint density at radius 3 is 2.07 bits per heavy atom. The second-order valence-corrected chi connectivity index (χ2v) is 7.31. The van der Waals surface area contributed by atoms with Crippen molar-refractivity contribution >= 4 is 6.29 Å². The van der Waals surface area contributed by atoms with E-state index in [-0.39, 0.29) is 11.7 Å². The number of halogens is 2. The predicted octanol–water partition coefficient (Wildman–Crippen LogP) is 6.46. The SMILES string of the molecule is C[C@@H](COc1ccc(C=O)cc1O[C@@H](c1ccccc1)C(C)(F)F)c1ccccc1. The summed E-state index contributed by atoms with van der Waals surface area (Å²) < 4.78 is 40.4. The summed E-state index contributed by atoms with van der Waals surface area (Å²) in [5.74, 6) is -2.64. The van der Waals surface area contributed by atoms with Crippen molar-refractivity contribution in [2.24, 2.45) is 0 Å². The molecule has 0 N–H and O–H groups in total. The van der Waals surface area contributed by atoms with E-state index in [4.69, 9.17) is 9.47 Å². The Labute approximate surface area is 175 Å². The Bertz CT molecular complexity index is 953. The van der Waals surface area contributed by atoms with E-state index in [2.05, 4.69) is 0 Å². The summed E-state index contributed by atoms with van der Waals surface area (Å²) in [4.78, 5) is 11.2. The monoisotopic (exact) mass is 410 g/mol. The zero-order valence-electron chi connectivity index (χ0n) is 16.9. The maximum Gasteiger partial charge on any atom is 0.285 e. The van der Waals surface area contributed by atoms with E-state index in [9.17, 15) is 13.6 Å². The summed E-state index contributed by atoms with van der Waals surface area (Å²) in [5, 5.41) is 0. The van der Waals surface area contributed by atoms with Crippen molar-refractivity contribution in [2.45, 2.75) is 31.8 Å². The van der Waals surface area contributed by atoms with Crippen molar-refractivity contribution in [3.63, 3.8) is 0 Å². The fourth-order valence-corrected chi connectivity index (χ4v) is 3.12. The summed E-state index contributed by atoms with van der Waals surface area (Å²) in [6.07, 6.45) is -0.875. The van der Waals surface area contributed by atoms with Crippen LogP contribution in [0.2, 0.25) is 0 Å². The molecule has 0 radical (unpaired) electrons. The van der Waals surface area contributed by atoms with Crippen molar-refractivity contribution in [1.29, 1.82) is 0 Å². The Hall–Kier alpha value is -3.21. The lowest BCUT2D eigenvalue weighted by atomic mass is 10.0. The fraction of sp³-hybridized carbons (Fsp3) is 0.240. The van der Waals surface area contributed by atoms with Gasteiger partial charge in [0.15, 0.2) is 17.6 Å². The van der Waals surface area contributed by atoms with Crippen LogP contribution >= 0.6 is 0 Å².